The Bertz CT molecular complexity index is 1250. The van der Waals surface area contributed by atoms with Crippen LogP contribution < -0.4 is 14.8 Å². The summed E-state index contributed by atoms with van der Waals surface area (Å²) >= 11 is 14.3. The lowest BCUT2D eigenvalue weighted by Gasteiger charge is -2.27. The SMILES string of the molecule is O=C(Nc1ncc(C(c2ccc(Cl)cc2Cl)N2CCCC2)s1)C1(c2ccc3c(c2)OCO3)CC1. The number of carbonyl (C=O) groups excluding carboxylic acids is 1. The largest absolute Gasteiger partial charge is 0.454 e. The van der Waals surface area contributed by atoms with Crippen LogP contribution >= 0.6 is 34.5 Å². The first kappa shape index (κ1) is 22.2. The lowest BCUT2D eigenvalue weighted by Crippen LogP contribution is -2.27. The van der Waals surface area contributed by atoms with Gasteiger partial charge in [0.2, 0.25) is 12.7 Å². The Morgan fingerprint density at radius 1 is 1.09 bits per heavy atom. The Morgan fingerprint density at radius 2 is 1.88 bits per heavy atom. The van der Waals surface area contributed by atoms with Gasteiger partial charge in [-0.1, -0.05) is 46.7 Å². The van der Waals surface area contributed by atoms with Gasteiger partial charge in [-0.2, -0.15) is 0 Å². The molecule has 0 spiro atoms. The standard InChI is InChI=1S/C25H23Cl2N3O3S/c26-16-4-5-17(18(27)12-16)22(30-9-1-2-10-30)21-13-28-24(34-21)29-23(31)25(7-8-25)15-3-6-19-20(11-15)33-14-32-19/h3-6,11-13,22H,1-2,7-10,14H2,(H,28,29,31). The number of anilines is 1. The molecule has 2 aromatic carbocycles. The number of fused-ring (bicyclic) bond motifs is 1. The molecule has 176 valence electrons. The van der Waals surface area contributed by atoms with E-state index in [1.165, 1.54) is 11.3 Å². The van der Waals surface area contributed by atoms with Gasteiger partial charge in [-0.15, -0.1) is 0 Å². The fourth-order valence-corrected chi connectivity index (χ4v) is 6.38. The minimum absolute atomic E-state index is 0.0147. The molecule has 9 heteroatoms. The van der Waals surface area contributed by atoms with Crippen molar-refractivity contribution in [1.82, 2.24) is 9.88 Å². The number of hydrogen-bond acceptors (Lipinski definition) is 6. The fourth-order valence-electron chi connectivity index (χ4n) is 4.91. The maximum absolute atomic E-state index is 13.3. The minimum atomic E-state index is -0.541. The number of benzene rings is 2. The Morgan fingerprint density at radius 3 is 2.65 bits per heavy atom. The third-order valence-corrected chi connectivity index (χ3v) is 8.41. The zero-order valence-electron chi connectivity index (χ0n) is 18.4. The molecule has 1 unspecified atom stereocenters. The van der Waals surface area contributed by atoms with Crippen LogP contribution in [0.4, 0.5) is 5.13 Å². The molecule has 0 bridgehead atoms. The average Bonchev–Trinajstić information content (AvgIpc) is 3.18. The monoisotopic (exact) mass is 515 g/mol. The summed E-state index contributed by atoms with van der Waals surface area (Å²) in [6.45, 7) is 2.21. The Labute approximate surface area is 211 Å². The second-order valence-electron chi connectivity index (χ2n) is 8.98. The van der Waals surface area contributed by atoms with Crippen LogP contribution in [0, 0.1) is 0 Å². The van der Waals surface area contributed by atoms with Crippen LogP contribution in [-0.2, 0) is 10.2 Å². The van der Waals surface area contributed by atoms with Crippen LogP contribution in [0.15, 0.2) is 42.6 Å². The van der Waals surface area contributed by atoms with E-state index in [0.717, 1.165) is 60.5 Å². The van der Waals surface area contributed by atoms with Gasteiger partial charge in [0.05, 0.1) is 11.5 Å². The van der Waals surface area contributed by atoms with Crippen LogP contribution in [0.1, 0.15) is 47.7 Å². The van der Waals surface area contributed by atoms with E-state index in [1.54, 1.807) is 6.07 Å². The Balaban J connectivity index is 1.25. The van der Waals surface area contributed by atoms with Crippen molar-refractivity contribution in [3.63, 3.8) is 0 Å². The first-order valence-electron chi connectivity index (χ1n) is 11.4. The van der Waals surface area contributed by atoms with E-state index in [2.05, 4.69) is 15.2 Å². The number of nitrogens with one attached hydrogen (secondary N) is 1. The van der Waals surface area contributed by atoms with Crippen molar-refractivity contribution in [3.05, 3.63) is 68.6 Å². The summed E-state index contributed by atoms with van der Waals surface area (Å²) < 4.78 is 10.9. The molecule has 1 amide bonds. The van der Waals surface area contributed by atoms with Crippen LogP contribution in [0.2, 0.25) is 10.0 Å². The third kappa shape index (κ3) is 3.94. The molecule has 3 aromatic rings. The summed E-state index contributed by atoms with van der Waals surface area (Å²) in [6.07, 6.45) is 5.76. The van der Waals surface area contributed by atoms with Gasteiger partial charge in [0.15, 0.2) is 16.6 Å². The number of thiazole rings is 1. The van der Waals surface area contributed by atoms with E-state index in [-0.39, 0.29) is 18.7 Å². The highest BCUT2D eigenvalue weighted by molar-refractivity contribution is 7.15. The van der Waals surface area contributed by atoms with Gasteiger partial charge in [-0.25, -0.2) is 4.98 Å². The second kappa shape index (κ2) is 8.72. The number of halogens is 2. The molecule has 6 nitrogen and oxygen atoms in total. The highest BCUT2D eigenvalue weighted by Gasteiger charge is 2.52. The van der Waals surface area contributed by atoms with Crippen LogP contribution in [-0.4, -0.2) is 35.7 Å². The Hall–Kier alpha value is -2.32. The molecule has 1 aromatic heterocycles. The maximum atomic E-state index is 13.3. The van der Waals surface area contributed by atoms with Gasteiger partial charge in [-0.05, 0) is 74.2 Å². The zero-order chi connectivity index (χ0) is 23.3. The molecule has 1 N–H and O–H groups in total. The number of rotatable bonds is 6. The zero-order valence-corrected chi connectivity index (χ0v) is 20.7. The van der Waals surface area contributed by atoms with Crippen molar-refractivity contribution in [2.75, 3.05) is 25.2 Å². The fraction of sp³-hybridized carbons (Fsp3) is 0.360. The molecule has 1 saturated heterocycles. The topological polar surface area (TPSA) is 63.7 Å². The van der Waals surface area contributed by atoms with Crippen molar-refractivity contribution in [2.45, 2.75) is 37.1 Å². The molecule has 1 saturated carbocycles. The molecule has 3 heterocycles. The molecular formula is C25H23Cl2N3O3S. The molecule has 0 radical (unpaired) electrons. The average molecular weight is 516 g/mol. The van der Waals surface area contributed by atoms with Crippen molar-refractivity contribution < 1.29 is 14.3 Å². The summed E-state index contributed by atoms with van der Waals surface area (Å²) in [7, 11) is 0. The molecule has 2 aliphatic heterocycles. The highest BCUT2D eigenvalue weighted by Crippen LogP contribution is 2.51. The van der Waals surface area contributed by atoms with Gasteiger partial charge in [-0.3, -0.25) is 9.69 Å². The number of aromatic nitrogens is 1. The molecule has 6 rings (SSSR count). The summed E-state index contributed by atoms with van der Waals surface area (Å²) in [4.78, 5) is 21.4. The minimum Gasteiger partial charge on any atom is -0.454 e. The van der Waals surface area contributed by atoms with Gasteiger partial charge in [0, 0.05) is 21.1 Å². The normalized spacial score (nSPS) is 19.2. The van der Waals surface area contributed by atoms with Gasteiger partial charge < -0.3 is 14.8 Å². The number of carbonyl (C=O) groups is 1. The number of likely N-dealkylation sites (tertiary alicyclic amines) is 1. The van der Waals surface area contributed by atoms with Crippen molar-refractivity contribution >= 4 is 45.6 Å². The van der Waals surface area contributed by atoms with Gasteiger partial charge >= 0.3 is 0 Å². The quantitative estimate of drug-likeness (QED) is 0.433. The smallest absolute Gasteiger partial charge is 0.236 e. The first-order valence-corrected chi connectivity index (χ1v) is 13.0. The predicted octanol–water partition coefficient (Wildman–Crippen LogP) is 6.03. The Kier molecular flexibility index (Phi) is 5.68. The number of nitrogens with zero attached hydrogens (tertiary/aromatic N) is 2. The molecule has 34 heavy (non-hydrogen) atoms. The number of amides is 1. The van der Waals surface area contributed by atoms with Crippen molar-refractivity contribution in [2.24, 2.45) is 0 Å². The summed E-state index contributed by atoms with van der Waals surface area (Å²) in [5, 5.41) is 4.93. The van der Waals surface area contributed by atoms with Crippen molar-refractivity contribution in [3.8, 4) is 11.5 Å². The molecule has 2 fully saturated rings. The van der Waals surface area contributed by atoms with Crippen molar-refractivity contribution in [1.29, 1.82) is 0 Å². The predicted molar refractivity (Wildman–Crippen MR) is 133 cm³/mol. The van der Waals surface area contributed by atoms with Gasteiger partial charge in [0.25, 0.3) is 0 Å². The third-order valence-electron chi connectivity index (χ3n) is 6.89. The van der Waals surface area contributed by atoms with E-state index in [4.69, 9.17) is 32.7 Å². The number of hydrogen-bond donors (Lipinski definition) is 1. The lowest BCUT2D eigenvalue weighted by atomic mass is 9.94. The van der Waals surface area contributed by atoms with E-state index < -0.39 is 5.41 Å². The molecular weight excluding hydrogens is 493 g/mol. The highest BCUT2D eigenvalue weighted by atomic mass is 35.5. The lowest BCUT2D eigenvalue weighted by molar-refractivity contribution is -0.118. The van der Waals surface area contributed by atoms with E-state index in [1.807, 2.05) is 36.5 Å². The van der Waals surface area contributed by atoms with Crippen LogP contribution in [0.5, 0.6) is 11.5 Å². The summed E-state index contributed by atoms with van der Waals surface area (Å²) in [5.74, 6) is 1.38. The van der Waals surface area contributed by atoms with Gasteiger partial charge in [0.1, 0.15) is 0 Å². The molecule has 1 atom stereocenters. The van der Waals surface area contributed by atoms with Crippen LogP contribution in [0.3, 0.4) is 0 Å². The van der Waals surface area contributed by atoms with E-state index in [9.17, 15) is 4.79 Å². The molecule has 1 aliphatic carbocycles. The van der Waals surface area contributed by atoms with Crippen LogP contribution in [0.25, 0.3) is 0 Å². The second-order valence-corrected chi connectivity index (χ2v) is 10.9. The first-order chi connectivity index (χ1) is 16.5. The maximum Gasteiger partial charge on any atom is 0.236 e. The summed E-state index contributed by atoms with van der Waals surface area (Å²) in [6, 6.07) is 11.4. The van der Waals surface area contributed by atoms with E-state index >= 15 is 0 Å². The number of ether oxygens (including phenoxy) is 2. The van der Waals surface area contributed by atoms with E-state index in [0.29, 0.717) is 20.9 Å². The molecule has 3 aliphatic rings. The summed E-state index contributed by atoms with van der Waals surface area (Å²) in [5.41, 5.74) is 1.42.